The van der Waals surface area contributed by atoms with Crippen molar-refractivity contribution in [2.45, 2.75) is 26.1 Å². The average molecular weight is 468 g/mol. The fraction of sp³-hybridized carbons (Fsp3) is 0.160. The summed E-state index contributed by atoms with van der Waals surface area (Å²) in [4.78, 5) is 27.9. The van der Waals surface area contributed by atoms with Crippen LogP contribution in [0.2, 0.25) is 0 Å². The Morgan fingerprint density at radius 2 is 1.85 bits per heavy atom. The molecule has 0 saturated heterocycles. The van der Waals surface area contributed by atoms with Gasteiger partial charge in [-0.1, -0.05) is 18.2 Å². The van der Waals surface area contributed by atoms with E-state index < -0.39 is 23.9 Å². The van der Waals surface area contributed by atoms with Crippen molar-refractivity contribution in [3.63, 3.8) is 0 Å². The van der Waals surface area contributed by atoms with Gasteiger partial charge in [-0.3, -0.25) is 9.78 Å². The molecule has 0 amide bonds. The summed E-state index contributed by atoms with van der Waals surface area (Å²) < 4.78 is 44.6. The molecule has 9 heteroatoms. The van der Waals surface area contributed by atoms with Gasteiger partial charge in [0.05, 0.1) is 17.0 Å². The summed E-state index contributed by atoms with van der Waals surface area (Å²) in [6.45, 7) is 3.60. The predicted molar refractivity (Wildman–Crippen MR) is 121 cm³/mol. The van der Waals surface area contributed by atoms with Gasteiger partial charge in [0, 0.05) is 29.1 Å². The number of hydrogen-bond donors (Lipinski definition) is 2. The minimum absolute atomic E-state index is 0.0713. The van der Waals surface area contributed by atoms with E-state index in [2.05, 4.69) is 10.3 Å². The highest BCUT2D eigenvalue weighted by Crippen LogP contribution is 2.32. The minimum Gasteiger partial charge on any atom is -0.478 e. The lowest BCUT2D eigenvalue weighted by atomic mass is 10.00. The van der Waals surface area contributed by atoms with E-state index in [1.54, 1.807) is 37.3 Å². The van der Waals surface area contributed by atoms with Crippen LogP contribution in [0.5, 0.6) is 0 Å². The van der Waals surface area contributed by atoms with Crippen LogP contribution in [0.3, 0.4) is 0 Å². The lowest BCUT2D eigenvalue weighted by Crippen LogP contribution is -2.12. The number of para-hydroxylation sites is 1. The fourth-order valence-corrected chi connectivity index (χ4v) is 3.71. The number of aromatic nitrogens is 1. The third-order valence-electron chi connectivity index (χ3n) is 5.34. The zero-order chi connectivity index (χ0) is 24.6. The predicted octanol–water partition coefficient (Wildman–Crippen LogP) is 6.05. The van der Waals surface area contributed by atoms with E-state index in [9.17, 15) is 27.9 Å². The number of anilines is 1. The molecule has 0 fully saturated rings. The number of pyridine rings is 1. The second kappa shape index (κ2) is 8.66. The molecule has 2 aromatic carbocycles. The van der Waals surface area contributed by atoms with Gasteiger partial charge in [-0.2, -0.15) is 13.2 Å². The van der Waals surface area contributed by atoms with Gasteiger partial charge in [0.1, 0.15) is 17.0 Å². The van der Waals surface area contributed by atoms with Gasteiger partial charge >= 0.3 is 12.1 Å². The summed E-state index contributed by atoms with van der Waals surface area (Å²) in [5, 5.41) is 12.9. The molecule has 2 N–H and O–H groups in total. The number of hydrogen-bond acceptors (Lipinski definition) is 5. The molecule has 34 heavy (non-hydrogen) atoms. The van der Waals surface area contributed by atoms with Gasteiger partial charge in [-0.25, -0.2) is 4.79 Å². The summed E-state index contributed by atoms with van der Waals surface area (Å²) in [7, 11) is 0. The first-order chi connectivity index (χ1) is 16.0. The van der Waals surface area contributed by atoms with Crippen LogP contribution in [0.25, 0.3) is 22.3 Å². The highest BCUT2D eigenvalue weighted by atomic mass is 19.4. The second-order valence-electron chi connectivity index (χ2n) is 7.85. The standard InChI is InChI=1S/C25H19F3N2O4/c1-13-9-17(14(2)30-19-6-4-3-5-16(19)24(32)33)23-18(10-13)20(31)11-21(34-23)15-7-8-22(29-12-15)25(26,27)28/h3-12,14,30H,1-2H3,(H,32,33). The lowest BCUT2D eigenvalue weighted by molar-refractivity contribution is -0.141. The van der Waals surface area contributed by atoms with Gasteiger partial charge in [0.25, 0.3) is 0 Å². The van der Waals surface area contributed by atoms with Crippen LogP contribution >= 0.6 is 0 Å². The van der Waals surface area contributed by atoms with Crippen LogP contribution in [0, 0.1) is 6.92 Å². The van der Waals surface area contributed by atoms with Crippen molar-refractivity contribution in [3.05, 3.63) is 93.4 Å². The van der Waals surface area contributed by atoms with Crippen LogP contribution in [-0.4, -0.2) is 16.1 Å². The Hall–Kier alpha value is -4.14. The fourth-order valence-electron chi connectivity index (χ4n) is 3.71. The monoisotopic (exact) mass is 468 g/mol. The number of alkyl halides is 3. The molecule has 0 aliphatic rings. The summed E-state index contributed by atoms with van der Waals surface area (Å²) in [6, 6.07) is 12.7. The number of halogens is 3. The molecule has 2 aromatic heterocycles. The Balaban J connectivity index is 1.81. The Kier molecular flexibility index (Phi) is 5.87. The van der Waals surface area contributed by atoms with E-state index in [-0.39, 0.29) is 27.9 Å². The van der Waals surface area contributed by atoms with Gasteiger partial charge in [-0.05, 0) is 49.7 Å². The van der Waals surface area contributed by atoms with Gasteiger partial charge in [0.15, 0.2) is 5.43 Å². The number of nitrogens with zero attached hydrogens (tertiary/aromatic N) is 1. The summed E-state index contributed by atoms with van der Waals surface area (Å²) in [6.07, 6.45) is -3.58. The van der Waals surface area contributed by atoms with Crippen molar-refractivity contribution in [3.8, 4) is 11.3 Å². The first kappa shape index (κ1) is 23.0. The number of carboxylic acids is 1. The first-order valence-electron chi connectivity index (χ1n) is 10.3. The highest BCUT2D eigenvalue weighted by Gasteiger charge is 2.32. The van der Waals surface area contributed by atoms with Crippen molar-refractivity contribution in [1.82, 2.24) is 4.98 Å². The van der Waals surface area contributed by atoms with Gasteiger partial charge in [0.2, 0.25) is 0 Å². The van der Waals surface area contributed by atoms with E-state index in [0.717, 1.165) is 17.8 Å². The quantitative estimate of drug-likeness (QED) is 0.370. The lowest BCUT2D eigenvalue weighted by Gasteiger charge is -2.19. The maximum absolute atomic E-state index is 12.9. The van der Waals surface area contributed by atoms with Crippen molar-refractivity contribution < 1.29 is 27.5 Å². The molecule has 6 nitrogen and oxygen atoms in total. The van der Waals surface area contributed by atoms with Crippen LogP contribution < -0.4 is 10.7 Å². The number of aromatic carboxylic acids is 1. The topological polar surface area (TPSA) is 92.4 Å². The molecule has 0 bridgehead atoms. The third kappa shape index (κ3) is 4.50. The average Bonchev–Trinajstić information content (AvgIpc) is 2.78. The number of benzene rings is 2. The number of carbonyl (C=O) groups is 1. The Morgan fingerprint density at radius 1 is 1.12 bits per heavy atom. The number of carboxylic acid groups (broad SMARTS) is 1. The van der Waals surface area contributed by atoms with E-state index in [4.69, 9.17) is 4.42 Å². The summed E-state index contributed by atoms with van der Waals surface area (Å²) in [5.74, 6) is -1.02. The highest BCUT2D eigenvalue weighted by molar-refractivity contribution is 5.94. The molecule has 0 aliphatic carbocycles. The first-order valence-corrected chi connectivity index (χ1v) is 10.3. The maximum atomic E-state index is 12.9. The van der Waals surface area contributed by atoms with E-state index in [1.807, 2.05) is 6.92 Å². The zero-order valence-corrected chi connectivity index (χ0v) is 18.1. The van der Waals surface area contributed by atoms with Crippen LogP contribution in [-0.2, 0) is 6.18 Å². The van der Waals surface area contributed by atoms with Crippen molar-refractivity contribution in [1.29, 1.82) is 0 Å². The normalized spacial score (nSPS) is 12.5. The Bertz CT molecular complexity index is 1440. The van der Waals surface area contributed by atoms with Crippen molar-refractivity contribution >= 4 is 22.6 Å². The Morgan fingerprint density at radius 3 is 2.50 bits per heavy atom. The van der Waals surface area contributed by atoms with Crippen LogP contribution in [0.15, 0.2) is 70.0 Å². The molecule has 1 atom stereocenters. The van der Waals surface area contributed by atoms with Crippen LogP contribution in [0.1, 0.15) is 40.1 Å². The third-order valence-corrected chi connectivity index (χ3v) is 5.34. The molecule has 0 saturated carbocycles. The molecule has 174 valence electrons. The smallest absolute Gasteiger partial charge is 0.433 e. The molecular weight excluding hydrogens is 449 g/mol. The molecule has 2 heterocycles. The summed E-state index contributed by atoms with van der Waals surface area (Å²) in [5.41, 5.74) is 0.917. The maximum Gasteiger partial charge on any atom is 0.433 e. The molecule has 0 aliphatic heterocycles. The van der Waals surface area contributed by atoms with Crippen molar-refractivity contribution in [2.75, 3.05) is 5.32 Å². The second-order valence-corrected chi connectivity index (χ2v) is 7.85. The van der Waals surface area contributed by atoms with Crippen LogP contribution in [0.4, 0.5) is 18.9 Å². The molecule has 4 rings (SSSR count). The van der Waals surface area contributed by atoms with Gasteiger partial charge < -0.3 is 14.8 Å². The zero-order valence-electron chi connectivity index (χ0n) is 18.1. The van der Waals surface area contributed by atoms with E-state index in [1.165, 1.54) is 18.2 Å². The minimum atomic E-state index is -4.58. The molecule has 1 unspecified atom stereocenters. The molecular formula is C25H19F3N2O4. The van der Waals surface area contributed by atoms with E-state index >= 15 is 0 Å². The largest absolute Gasteiger partial charge is 0.478 e. The number of aryl methyl sites for hydroxylation is 1. The molecule has 0 radical (unpaired) electrons. The van der Waals surface area contributed by atoms with E-state index in [0.29, 0.717) is 16.6 Å². The molecule has 4 aromatic rings. The number of fused-ring (bicyclic) bond motifs is 1. The van der Waals surface area contributed by atoms with Gasteiger partial charge in [-0.15, -0.1) is 0 Å². The SMILES string of the molecule is Cc1cc(C(C)Nc2ccccc2C(=O)O)c2oc(-c3ccc(C(F)(F)F)nc3)cc(=O)c2c1. The number of rotatable bonds is 5. The Labute approximate surface area is 191 Å². The summed E-state index contributed by atoms with van der Waals surface area (Å²) >= 11 is 0. The van der Waals surface area contributed by atoms with Crippen molar-refractivity contribution in [2.24, 2.45) is 0 Å². The molecule has 0 spiro atoms. The number of nitrogens with one attached hydrogen (secondary N) is 1.